The molecule has 4 nitrogen and oxygen atoms in total. The van der Waals surface area contributed by atoms with E-state index in [9.17, 15) is 4.79 Å². The molecule has 0 saturated carbocycles. The Morgan fingerprint density at radius 2 is 2.24 bits per heavy atom. The summed E-state index contributed by atoms with van der Waals surface area (Å²) in [7, 11) is 1.82. The Balaban J connectivity index is 2.76. The SMILES string of the molecule is CCOC(=O)CN(C)c1ccc(C#N)c(C)c1. The van der Waals surface area contributed by atoms with Crippen LogP contribution < -0.4 is 4.90 Å². The number of carbonyl (C=O) groups is 1. The fourth-order valence-corrected chi connectivity index (χ4v) is 1.50. The highest BCUT2D eigenvalue weighted by Gasteiger charge is 2.09. The Morgan fingerprint density at radius 3 is 2.76 bits per heavy atom. The number of nitrogens with zero attached hydrogens (tertiary/aromatic N) is 2. The van der Waals surface area contributed by atoms with Crippen molar-refractivity contribution in [3.05, 3.63) is 29.3 Å². The van der Waals surface area contributed by atoms with E-state index in [2.05, 4.69) is 6.07 Å². The molecule has 1 rings (SSSR count). The zero-order valence-electron chi connectivity index (χ0n) is 10.4. The summed E-state index contributed by atoms with van der Waals surface area (Å²) in [6.07, 6.45) is 0. The summed E-state index contributed by atoms with van der Waals surface area (Å²) >= 11 is 0. The Hall–Kier alpha value is -2.02. The van der Waals surface area contributed by atoms with Gasteiger partial charge in [-0.2, -0.15) is 5.26 Å². The Labute approximate surface area is 101 Å². The third-order valence-electron chi connectivity index (χ3n) is 2.44. The first kappa shape index (κ1) is 13.0. The lowest BCUT2D eigenvalue weighted by atomic mass is 10.1. The number of esters is 1. The average molecular weight is 232 g/mol. The van der Waals surface area contributed by atoms with Crippen molar-refractivity contribution in [3.8, 4) is 6.07 Å². The number of aryl methyl sites for hydroxylation is 1. The van der Waals surface area contributed by atoms with Gasteiger partial charge in [0.25, 0.3) is 0 Å². The molecule has 90 valence electrons. The van der Waals surface area contributed by atoms with Gasteiger partial charge in [-0.3, -0.25) is 4.79 Å². The van der Waals surface area contributed by atoms with Crippen molar-refractivity contribution in [1.29, 1.82) is 5.26 Å². The quantitative estimate of drug-likeness (QED) is 0.744. The summed E-state index contributed by atoms with van der Waals surface area (Å²) < 4.78 is 4.88. The van der Waals surface area contributed by atoms with Crippen LogP contribution in [0.1, 0.15) is 18.1 Å². The molecular formula is C13H16N2O2. The number of likely N-dealkylation sites (N-methyl/N-ethyl adjacent to an activating group) is 1. The second-order valence-corrected chi connectivity index (χ2v) is 3.77. The minimum absolute atomic E-state index is 0.208. The van der Waals surface area contributed by atoms with Crippen LogP contribution in [-0.4, -0.2) is 26.2 Å². The second-order valence-electron chi connectivity index (χ2n) is 3.77. The highest BCUT2D eigenvalue weighted by Crippen LogP contribution is 2.17. The van der Waals surface area contributed by atoms with E-state index in [1.165, 1.54) is 0 Å². The molecule has 0 atom stereocenters. The number of ether oxygens (including phenoxy) is 1. The Morgan fingerprint density at radius 1 is 1.53 bits per heavy atom. The van der Waals surface area contributed by atoms with Crippen molar-refractivity contribution in [2.24, 2.45) is 0 Å². The summed E-state index contributed by atoms with van der Waals surface area (Å²) in [5.41, 5.74) is 2.45. The van der Waals surface area contributed by atoms with E-state index < -0.39 is 0 Å². The first-order chi connectivity index (χ1) is 8.08. The molecule has 0 saturated heterocycles. The van der Waals surface area contributed by atoms with Gasteiger partial charge in [0.1, 0.15) is 6.54 Å². The molecule has 0 amide bonds. The molecule has 4 heteroatoms. The number of anilines is 1. The molecule has 0 aromatic heterocycles. The molecule has 0 unspecified atom stereocenters. The molecular weight excluding hydrogens is 216 g/mol. The summed E-state index contributed by atoms with van der Waals surface area (Å²) in [5.74, 6) is -0.253. The third kappa shape index (κ3) is 3.49. The Bertz CT molecular complexity index is 449. The fourth-order valence-electron chi connectivity index (χ4n) is 1.50. The van der Waals surface area contributed by atoms with Crippen molar-refractivity contribution in [1.82, 2.24) is 0 Å². The summed E-state index contributed by atoms with van der Waals surface area (Å²) in [4.78, 5) is 13.1. The van der Waals surface area contributed by atoms with Crippen molar-refractivity contribution in [2.45, 2.75) is 13.8 Å². The third-order valence-corrected chi connectivity index (χ3v) is 2.44. The van der Waals surface area contributed by atoms with Crippen LogP contribution in [0.25, 0.3) is 0 Å². The summed E-state index contributed by atoms with van der Waals surface area (Å²) in [6, 6.07) is 7.58. The number of benzene rings is 1. The van der Waals surface area contributed by atoms with Crippen molar-refractivity contribution < 1.29 is 9.53 Å². The smallest absolute Gasteiger partial charge is 0.325 e. The van der Waals surface area contributed by atoms with E-state index in [4.69, 9.17) is 10.00 Å². The summed E-state index contributed by atoms with van der Waals surface area (Å²) in [5, 5.41) is 8.83. The minimum Gasteiger partial charge on any atom is -0.465 e. The molecule has 0 fully saturated rings. The lowest BCUT2D eigenvalue weighted by Gasteiger charge is -2.18. The van der Waals surface area contributed by atoms with Gasteiger partial charge in [0.2, 0.25) is 0 Å². The van der Waals surface area contributed by atoms with Gasteiger partial charge in [0, 0.05) is 12.7 Å². The zero-order valence-corrected chi connectivity index (χ0v) is 10.4. The zero-order chi connectivity index (χ0) is 12.8. The molecule has 1 aromatic rings. The predicted octanol–water partition coefficient (Wildman–Crippen LogP) is 1.87. The maximum Gasteiger partial charge on any atom is 0.325 e. The van der Waals surface area contributed by atoms with Crippen LogP contribution in [0, 0.1) is 18.3 Å². The molecule has 17 heavy (non-hydrogen) atoms. The molecule has 0 aliphatic carbocycles. The van der Waals surface area contributed by atoms with Crippen LogP contribution in [-0.2, 0) is 9.53 Å². The van der Waals surface area contributed by atoms with Crippen LogP contribution in [0.2, 0.25) is 0 Å². The standard InChI is InChI=1S/C13H16N2O2/c1-4-17-13(16)9-15(3)12-6-5-11(8-14)10(2)7-12/h5-7H,4,9H2,1-3H3. The van der Waals surface area contributed by atoms with Gasteiger partial charge in [0.05, 0.1) is 18.2 Å². The van der Waals surface area contributed by atoms with Gasteiger partial charge in [-0.15, -0.1) is 0 Å². The first-order valence-electron chi connectivity index (χ1n) is 5.46. The Kier molecular flexibility index (Phi) is 4.53. The second kappa shape index (κ2) is 5.90. The van der Waals surface area contributed by atoms with Crippen molar-refractivity contribution >= 4 is 11.7 Å². The lowest BCUT2D eigenvalue weighted by Crippen LogP contribution is -2.27. The number of carbonyl (C=O) groups excluding carboxylic acids is 1. The molecule has 0 spiro atoms. The van der Waals surface area contributed by atoms with E-state index in [1.54, 1.807) is 17.9 Å². The highest BCUT2D eigenvalue weighted by atomic mass is 16.5. The van der Waals surface area contributed by atoms with E-state index in [1.807, 2.05) is 26.1 Å². The molecule has 0 aliphatic heterocycles. The van der Waals surface area contributed by atoms with Crippen molar-refractivity contribution in [3.63, 3.8) is 0 Å². The topological polar surface area (TPSA) is 53.3 Å². The van der Waals surface area contributed by atoms with E-state index in [-0.39, 0.29) is 12.5 Å². The van der Waals surface area contributed by atoms with Crippen LogP contribution in [0.3, 0.4) is 0 Å². The largest absolute Gasteiger partial charge is 0.465 e. The first-order valence-corrected chi connectivity index (χ1v) is 5.46. The van der Waals surface area contributed by atoms with E-state index >= 15 is 0 Å². The molecule has 0 radical (unpaired) electrons. The predicted molar refractivity (Wildman–Crippen MR) is 65.8 cm³/mol. The van der Waals surface area contributed by atoms with E-state index in [0.717, 1.165) is 11.3 Å². The molecule has 0 bridgehead atoms. The van der Waals surface area contributed by atoms with Gasteiger partial charge in [0.15, 0.2) is 0 Å². The minimum atomic E-state index is -0.253. The van der Waals surface area contributed by atoms with Gasteiger partial charge in [-0.25, -0.2) is 0 Å². The average Bonchev–Trinajstić information content (AvgIpc) is 2.29. The summed E-state index contributed by atoms with van der Waals surface area (Å²) in [6.45, 7) is 4.25. The molecule has 1 aromatic carbocycles. The van der Waals surface area contributed by atoms with Crippen LogP contribution >= 0.6 is 0 Å². The van der Waals surface area contributed by atoms with Gasteiger partial charge in [-0.1, -0.05) is 0 Å². The van der Waals surface area contributed by atoms with Gasteiger partial charge < -0.3 is 9.64 Å². The fraction of sp³-hybridized carbons (Fsp3) is 0.385. The van der Waals surface area contributed by atoms with E-state index in [0.29, 0.717) is 12.2 Å². The molecule has 0 heterocycles. The highest BCUT2D eigenvalue weighted by molar-refractivity contribution is 5.75. The lowest BCUT2D eigenvalue weighted by molar-refractivity contribution is -0.141. The normalized spacial score (nSPS) is 9.53. The number of hydrogen-bond donors (Lipinski definition) is 0. The van der Waals surface area contributed by atoms with Gasteiger partial charge in [-0.05, 0) is 37.6 Å². The molecule has 0 aliphatic rings. The monoisotopic (exact) mass is 232 g/mol. The maximum absolute atomic E-state index is 11.3. The van der Waals surface area contributed by atoms with Gasteiger partial charge >= 0.3 is 5.97 Å². The number of nitriles is 1. The van der Waals surface area contributed by atoms with Crippen LogP contribution in [0.5, 0.6) is 0 Å². The molecule has 0 N–H and O–H groups in total. The number of rotatable bonds is 4. The van der Waals surface area contributed by atoms with Crippen molar-refractivity contribution in [2.75, 3.05) is 25.1 Å². The van der Waals surface area contributed by atoms with Crippen LogP contribution in [0.4, 0.5) is 5.69 Å². The maximum atomic E-state index is 11.3. The number of hydrogen-bond acceptors (Lipinski definition) is 4. The van der Waals surface area contributed by atoms with Crippen LogP contribution in [0.15, 0.2) is 18.2 Å².